The second-order valence-corrected chi connectivity index (χ2v) is 32.5. The summed E-state index contributed by atoms with van der Waals surface area (Å²) in [6.07, 6.45) is 36.2. The van der Waals surface area contributed by atoms with Crippen LogP contribution >= 0.6 is 22.7 Å². The first-order valence-corrected chi connectivity index (χ1v) is 40.6. The van der Waals surface area contributed by atoms with Gasteiger partial charge in [0.1, 0.15) is 0 Å². The Morgan fingerprint density at radius 1 is 0.255 bits per heavy atom. The molecule has 0 fully saturated rings. The van der Waals surface area contributed by atoms with Gasteiger partial charge >= 0.3 is 0 Å². The van der Waals surface area contributed by atoms with Crippen LogP contribution in [0.5, 0.6) is 0 Å². The molecule has 0 spiro atoms. The number of hydrogen-bond acceptors (Lipinski definition) is 2. The predicted molar refractivity (Wildman–Crippen MR) is 432 cm³/mol. The van der Waals surface area contributed by atoms with Crippen LogP contribution in [-0.4, -0.2) is 0 Å². The molecule has 3 aliphatic carbocycles. The highest BCUT2D eigenvalue weighted by Gasteiger charge is 2.44. The second kappa shape index (κ2) is 29.5. The fourth-order valence-corrected chi connectivity index (χ4v) is 21.2. The Hall–Kier alpha value is -7.36. The molecule has 2 heterocycles. The zero-order valence-electron chi connectivity index (χ0n) is 59.9. The highest BCUT2D eigenvalue weighted by molar-refractivity contribution is 7.36. The molecule has 0 bridgehead atoms. The van der Waals surface area contributed by atoms with Gasteiger partial charge in [-0.05, 0) is 228 Å². The number of rotatable bonds is 32. The number of fused-ring (bicyclic) bond motifs is 14. The molecule has 2 heteroatoms. The van der Waals surface area contributed by atoms with Gasteiger partial charge in [-0.2, -0.15) is 0 Å². The molecule has 0 saturated heterocycles. The fraction of sp³-hybridized carbons (Fsp3) is 0.375. The lowest BCUT2D eigenvalue weighted by atomic mass is 9.69. The first-order chi connectivity index (χ1) is 48.2. The molecule has 0 unspecified atom stereocenters. The standard InChI is InChI=1S/C96H104S2/c1-7-11-15-19-23-29-50-95(51-30-24-20-16-12-8-2)86-54-65(5)38-44-78(86)79-47-41-68(62-88(79)95)72-57-73(59-74(58-72)75-56-71-34-33-37-82-76-35-27-28-36-77(76)85(60-75)92(71)82)69-42-48-81-80-46-40-67(70-43-49-84-91(64-70)98-93-83-45-39-66(6)55-90(83)97-94(84)93)61-87(80)96(89(81)63-69,52-31-25-21-17-13-9-3)53-32-26-22-18-14-10-4/h27-28,33-49,54-64H,7-26,29-32,50-53H2,1-6H3. The van der Waals surface area contributed by atoms with Crippen molar-refractivity contribution < 1.29 is 0 Å². The number of hydrogen-bond donors (Lipinski definition) is 0. The molecule has 0 aliphatic heterocycles. The van der Waals surface area contributed by atoms with Crippen molar-refractivity contribution in [1.29, 1.82) is 0 Å². The molecule has 15 rings (SSSR count). The van der Waals surface area contributed by atoms with E-state index in [4.69, 9.17) is 0 Å². The van der Waals surface area contributed by atoms with Crippen LogP contribution in [0.15, 0.2) is 182 Å². The third-order valence-corrected chi connectivity index (χ3v) is 26.2. The summed E-state index contributed by atoms with van der Waals surface area (Å²) in [4.78, 5) is 0. The Labute approximate surface area is 595 Å². The van der Waals surface area contributed by atoms with E-state index in [2.05, 4.69) is 224 Å². The van der Waals surface area contributed by atoms with Crippen molar-refractivity contribution in [2.24, 2.45) is 0 Å². The third-order valence-electron chi connectivity index (χ3n) is 23.7. The van der Waals surface area contributed by atoms with Crippen molar-refractivity contribution in [2.45, 2.75) is 232 Å². The molecule has 10 aromatic carbocycles. The normalized spacial score (nSPS) is 13.7. The van der Waals surface area contributed by atoms with Gasteiger partial charge in [-0.25, -0.2) is 0 Å². The topological polar surface area (TPSA) is 0 Å². The molecule has 0 N–H and O–H groups in total. The predicted octanol–water partition coefficient (Wildman–Crippen LogP) is 30.9. The molecule has 0 nitrogen and oxygen atoms in total. The number of aryl methyl sites for hydroxylation is 2. The minimum Gasteiger partial charge on any atom is -0.134 e. The van der Waals surface area contributed by atoms with Gasteiger partial charge in [0.25, 0.3) is 0 Å². The average molecular weight is 1320 g/mol. The lowest BCUT2D eigenvalue weighted by Crippen LogP contribution is -2.25. The smallest absolute Gasteiger partial charge is 0.0542 e. The molecular formula is C96H104S2. The van der Waals surface area contributed by atoms with Crippen molar-refractivity contribution in [2.75, 3.05) is 0 Å². The van der Waals surface area contributed by atoms with Gasteiger partial charge in [-0.3, -0.25) is 0 Å². The van der Waals surface area contributed by atoms with Gasteiger partial charge in [0.2, 0.25) is 0 Å². The average Bonchev–Trinajstić information content (AvgIpc) is 1.57. The van der Waals surface area contributed by atoms with Crippen LogP contribution in [0.2, 0.25) is 0 Å². The molecule has 0 amide bonds. The number of thiophene rings is 2. The van der Waals surface area contributed by atoms with Crippen LogP contribution in [0, 0.1) is 13.8 Å². The highest BCUT2D eigenvalue weighted by Crippen LogP contribution is 2.59. The lowest BCUT2D eigenvalue weighted by Gasteiger charge is -2.33. The Morgan fingerprint density at radius 3 is 1.11 bits per heavy atom. The molecule has 3 aliphatic rings. The molecular weight excluding hydrogens is 1220 g/mol. The Morgan fingerprint density at radius 2 is 0.612 bits per heavy atom. The van der Waals surface area contributed by atoms with Crippen molar-refractivity contribution >= 4 is 63.0 Å². The molecule has 2 aromatic heterocycles. The first-order valence-electron chi connectivity index (χ1n) is 38.9. The van der Waals surface area contributed by atoms with Crippen molar-refractivity contribution in [3.63, 3.8) is 0 Å². The Bertz CT molecular complexity index is 4830. The van der Waals surface area contributed by atoms with E-state index in [0.717, 1.165) is 0 Å². The van der Waals surface area contributed by atoms with Crippen LogP contribution < -0.4 is 0 Å². The van der Waals surface area contributed by atoms with E-state index in [1.165, 1.54) is 320 Å². The SMILES string of the molecule is CCCCCCCCC1(CCCCCCCC)c2cc(C)ccc2-c2ccc(-c3cc(-c4ccc5c(c4)C(CCCCCCCC)(CCCCCCCC)c4cc(-c6ccc7c(c6)sc6c8ccc(C)cc8sc76)ccc4-5)cc(-c4cc5c6c(cccc6c4)-c4ccccc4-5)c3)cc21. The van der Waals surface area contributed by atoms with Gasteiger partial charge in [-0.1, -0.05) is 309 Å². The third kappa shape index (κ3) is 12.7. The maximum atomic E-state index is 2.73. The van der Waals surface area contributed by atoms with Gasteiger partial charge in [0.15, 0.2) is 0 Å². The van der Waals surface area contributed by atoms with E-state index in [9.17, 15) is 0 Å². The quantitative estimate of drug-likeness (QED) is 0.0369. The van der Waals surface area contributed by atoms with E-state index in [-0.39, 0.29) is 10.8 Å². The van der Waals surface area contributed by atoms with Crippen LogP contribution in [0.1, 0.15) is 241 Å². The van der Waals surface area contributed by atoms with Crippen molar-refractivity contribution in [3.8, 4) is 89.0 Å². The molecule has 500 valence electrons. The first kappa shape index (κ1) is 66.5. The van der Waals surface area contributed by atoms with E-state index < -0.39 is 0 Å². The maximum Gasteiger partial charge on any atom is 0.0542 e. The zero-order chi connectivity index (χ0) is 66.7. The molecule has 0 saturated carbocycles. The summed E-state index contributed by atoms with van der Waals surface area (Å²) >= 11 is 3.96. The molecule has 0 atom stereocenters. The number of benzene rings is 10. The van der Waals surface area contributed by atoms with Crippen molar-refractivity contribution in [1.82, 2.24) is 0 Å². The molecule has 98 heavy (non-hydrogen) atoms. The van der Waals surface area contributed by atoms with Gasteiger partial charge in [0, 0.05) is 31.0 Å². The highest BCUT2D eigenvalue weighted by atomic mass is 32.1. The van der Waals surface area contributed by atoms with E-state index >= 15 is 0 Å². The Balaban J connectivity index is 0.882. The number of unbranched alkanes of at least 4 members (excludes halogenated alkanes) is 20. The lowest BCUT2D eigenvalue weighted by molar-refractivity contribution is 0.398. The van der Waals surface area contributed by atoms with Crippen LogP contribution in [0.4, 0.5) is 0 Å². The summed E-state index contributed by atoms with van der Waals surface area (Å²) in [5.74, 6) is 0. The van der Waals surface area contributed by atoms with Crippen molar-refractivity contribution in [3.05, 3.63) is 215 Å². The van der Waals surface area contributed by atoms with E-state index in [0.29, 0.717) is 0 Å². The molecule has 0 radical (unpaired) electrons. The summed E-state index contributed by atoms with van der Waals surface area (Å²) in [6.45, 7) is 14.0. The van der Waals surface area contributed by atoms with Crippen LogP contribution in [-0.2, 0) is 10.8 Å². The zero-order valence-corrected chi connectivity index (χ0v) is 61.6. The minimum atomic E-state index is -0.102. The minimum absolute atomic E-state index is 0.0113. The largest absolute Gasteiger partial charge is 0.134 e. The van der Waals surface area contributed by atoms with Gasteiger partial charge < -0.3 is 0 Å². The maximum absolute atomic E-state index is 2.73. The summed E-state index contributed by atoms with van der Waals surface area (Å²) in [6, 6.07) is 74.1. The molecule has 12 aromatic rings. The Kier molecular flexibility index (Phi) is 20.0. The van der Waals surface area contributed by atoms with E-state index in [1.54, 1.807) is 22.3 Å². The summed E-state index contributed by atoms with van der Waals surface area (Å²) in [7, 11) is 0. The van der Waals surface area contributed by atoms with Gasteiger partial charge in [-0.15, -0.1) is 22.7 Å². The van der Waals surface area contributed by atoms with Crippen LogP contribution in [0.3, 0.4) is 0 Å². The summed E-state index contributed by atoms with van der Waals surface area (Å²) in [5.41, 5.74) is 30.8. The fourth-order valence-electron chi connectivity index (χ4n) is 18.5. The van der Waals surface area contributed by atoms with E-state index in [1.807, 2.05) is 22.7 Å². The monoisotopic (exact) mass is 1320 g/mol. The van der Waals surface area contributed by atoms with Crippen LogP contribution in [0.25, 0.3) is 129 Å². The van der Waals surface area contributed by atoms with Gasteiger partial charge in [0.05, 0.1) is 9.40 Å². The second-order valence-electron chi connectivity index (χ2n) is 30.4. The summed E-state index contributed by atoms with van der Waals surface area (Å²) < 4.78 is 5.68. The summed E-state index contributed by atoms with van der Waals surface area (Å²) in [5, 5.41) is 5.51.